The van der Waals surface area contributed by atoms with E-state index in [9.17, 15) is 13.2 Å². The van der Waals surface area contributed by atoms with Gasteiger partial charge in [0.05, 0.1) is 0 Å². The molecule has 0 bridgehead atoms. The van der Waals surface area contributed by atoms with E-state index < -0.39 is 14.8 Å². The lowest BCUT2D eigenvalue weighted by Gasteiger charge is -2.29. The fourth-order valence-corrected chi connectivity index (χ4v) is 6.52. The van der Waals surface area contributed by atoms with Gasteiger partial charge in [0.2, 0.25) is 10.0 Å². The highest BCUT2D eigenvalue weighted by atomic mass is 32.2. The third-order valence-electron chi connectivity index (χ3n) is 5.61. The van der Waals surface area contributed by atoms with Crippen LogP contribution in [0.3, 0.4) is 0 Å². The number of piperidine rings is 2. The van der Waals surface area contributed by atoms with Crippen LogP contribution in [-0.2, 0) is 21.4 Å². The van der Waals surface area contributed by atoms with Crippen LogP contribution in [0, 0.1) is 0 Å². The van der Waals surface area contributed by atoms with Crippen LogP contribution in [0.1, 0.15) is 31.2 Å². The molecule has 0 N–H and O–H groups in total. The van der Waals surface area contributed by atoms with Crippen molar-refractivity contribution in [2.75, 3.05) is 19.6 Å². The van der Waals surface area contributed by atoms with Crippen LogP contribution in [0.25, 0.3) is 0 Å². The van der Waals surface area contributed by atoms with Crippen molar-refractivity contribution in [3.05, 3.63) is 35.9 Å². The summed E-state index contributed by atoms with van der Waals surface area (Å²) in [7, 11) is -3.30. The minimum absolute atomic E-state index is 0.144. The Morgan fingerprint density at radius 1 is 1.09 bits per heavy atom. The second-order valence-corrected chi connectivity index (χ2v) is 9.21. The van der Waals surface area contributed by atoms with E-state index in [0.29, 0.717) is 25.9 Å². The van der Waals surface area contributed by atoms with Crippen LogP contribution in [0.15, 0.2) is 30.3 Å². The molecule has 0 radical (unpaired) electrons. The first-order valence-corrected chi connectivity index (χ1v) is 9.76. The summed E-state index contributed by atoms with van der Waals surface area (Å²) in [6, 6.07) is 10.4. The van der Waals surface area contributed by atoms with Gasteiger partial charge in [-0.3, -0.25) is 9.69 Å². The molecule has 1 aliphatic carbocycles. The highest BCUT2D eigenvalue weighted by Crippen LogP contribution is 2.56. The quantitative estimate of drug-likeness (QED) is 0.835. The summed E-state index contributed by atoms with van der Waals surface area (Å²) in [5.74, 6) is 0.179. The van der Waals surface area contributed by atoms with Crippen LogP contribution < -0.4 is 0 Å². The molecule has 4 rings (SSSR count). The van der Waals surface area contributed by atoms with E-state index in [1.165, 1.54) is 5.56 Å². The van der Waals surface area contributed by atoms with Gasteiger partial charge in [-0.2, -0.15) is 0 Å². The van der Waals surface area contributed by atoms with Gasteiger partial charge in [-0.05, 0) is 18.4 Å². The van der Waals surface area contributed by atoms with E-state index in [0.717, 1.165) is 25.9 Å². The first-order chi connectivity index (χ1) is 11.0. The van der Waals surface area contributed by atoms with Gasteiger partial charge in [-0.25, -0.2) is 12.7 Å². The molecule has 2 heterocycles. The van der Waals surface area contributed by atoms with Gasteiger partial charge in [0.1, 0.15) is 10.5 Å². The number of hydrogen-bond acceptors (Lipinski definition) is 4. The Morgan fingerprint density at radius 2 is 1.78 bits per heavy atom. The van der Waals surface area contributed by atoms with E-state index in [2.05, 4.69) is 17.0 Å². The normalized spacial score (nSPS) is 32.0. The fourth-order valence-electron chi connectivity index (χ4n) is 4.13. The minimum atomic E-state index is -3.30. The molecule has 5 nitrogen and oxygen atoms in total. The number of Topliss-reactive ketones (excluding diaryl/α,β-unsaturated/α-hetero) is 1. The third-order valence-corrected chi connectivity index (χ3v) is 8.33. The van der Waals surface area contributed by atoms with Gasteiger partial charge >= 0.3 is 0 Å². The second-order valence-electron chi connectivity index (χ2n) is 6.93. The van der Waals surface area contributed by atoms with Crippen LogP contribution in [0.4, 0.5) is 0 Å². The average molecular weight is 334 g/mol. The Morgan fingerprint density at radius 3 is 2.43 bits per heavy atom. The number of carbonyl (C=O) groups excluding carboxylic acids is 1. The molecule has 3 aliphatic rings. The average Bonchev–Trinajstić information content (AvgIpc) is 3.21. The Balaban J connectivity index is 1.48. The summed E-state index contributed by atoms with van der Waals surface area (Å²) in [5, 5.41) is 0. The smallest absolute Gasteiger partial charge is 0.221 e. The standard InChI is InChI=1S/C17H22N2O3S/c20-15-6-9-19(10-7-15)23(21,22)17-8-11-18(16(17)12-17)13-14-4-2-1-3-5-14/h1-5,16H,6-13H2. The summed E-state index contributed by atoms with van der Waals surface area (Å²) in [6.45, 7) is 2.40. The Bertz CT molecular complexity index is 709. The van der Waals surface area contributed by atoms with E-state index >= 15 is 0 Å². The van der Waals surface area contributed by atoms with E-state index in [1.54, 1.807) is 4.31 Å². The number of carbonyl (C=O) groups is 1. The Labute approximate surface area is 137 Å². The van der Waals surface area contributed by atoms with E-state index in [4.69, 9.17) is 0 Å². The zero-order chi connectivity index (χ0) is 16.1. The number of rotatable bonds is 4. The number of hydrogen-bond donors (Lipinski definition) is 0. The fraction of sp³-hybridized carbons (Fsp3) is 0.588. The number of sulfonamides is 1. The molecule has 0 amide bonds. The highest BCUT2D eigenvalue weighted by Gasteiger charge is 2.70. The van der Waals surface area contributed by atoms with Gasteiger partial charge in [0.25, 0.3) is 0 Å². The first-order valence-electron chi connectivity index (χ1n) is 8.32. The minimum Gasteiger partial charge on any atom is -0.300 e. The zero-order valence-electron chi connectivity index (χ0n) is 13.1. The summed E-state index contributed by atoms with van der Waals surface area (Å²) in [5.41, 5.74) is 1.23. The molecule has 1 aromatic carbocycles. The van der Waals surface area contributed by atoms with Crippen LogP contribution in [0.2, 0.25) is 0 Å². The van der Waals surface area contributed by atoms with Crippen molar-refractivity contribution in [1.29, 1.82) is 0 Å². The third kappa shape index (κ3) is 2.44. The molecule has 2 atom stereocenters. The number of nitrogens with zero attached hydrogens (tertiary/aromatic N) is 2. The lowest BCUT2D eigenvalue weighted by atomic mass is 10.1. The maximum absolute atomic E-state index is 13.0. The summed E-state index contributed by atoms with van der Waals surface area (Å²) in [4.78, 5) is 13.7. The number of ketones is 1. The molecule has 124 valence electrons. The van der Waals surface area contributed by atoms with Crippen LogP contribution in [-0.4, -0.2) is 53.8 Å². The molecule has 23 heavy (non-hydrogen) atoms. The number of benzene rings is 1. The van der Waals surface area contributed by atoms with Gasteiger partial charge in [0, 0.05) is 45.1 Å². The second kappa shape index (κ2) is 5.40. The van der Waals surface area contributed by atoms with Gasteiger partial charge < -0.3 is 0 Å². The van der Waals surface area contributed by atoms with E-state index in [1.807, 2.05) is 18.2 Å². The molecule has 2 saturated heterocycles. The van der Waals surface area contributed by atoms with Gasteiger partial charge in [-0.15, -0.1) is 0 Å². The Kier molecular flexibility index (Phi) is 3.59. The molecule has 6 heteroatoms. The zero-order valence-corrected chi connectivity index (χ0v) is 14.0. The lowest BCUT2D eigenvalue weighted by molar-refractivity contribution is -0.120. The molecular formula is C17H22N2O3S. The maximum Gasteiger partial charge on any atom is 0.221 e. The van der Waals surface area contributed by atoms with Crippen molar-refractivity contribution in [3.63, 3.8) is 0 Å². The topological polar surface area (TPSA) is 57.7 Å². The van der Waals surface area contributed by atoms with Crippen molar-refractivity contribution in [1.82, 2.24) is 9.21 Å². The molecule has 2 unspecified atom stereocenters. The van der Waals surface area contributed by atoms with Gasteiger partial charge in [-0.1, -0.05) is 30.3 Å². The van der Waals surface area contributed by atoms with Gasteiger partial charge in [0.15, 0.2) is 0 Å². The predicted octanol–water partition coefficient (Wildman–Crippen LogP) is 1.40. The summed E-state index contributed by atoms with van der Waals surface area (Å²) < 4.78 is 27.1. The molecule has 1 aromatic rings. The molecule has 0 spiro atoms. The largest absolute Gasteiger partial charge is 0.300 e. The SMILES string of the molecule is O=C1CCN(S(=O)(=O)C23CCN(Cc4ccccc4)C2C3)CC1. The molecule has 0 aromatic heterocycles. The highest BCUT2D eigenvalue weighted by molar-refractivity contribution is 7.91. The number of fused-ring (bicyclic) bond motifs is 1. The van der Waals surface area contributed by atoms with Crippen molar-refractivity contribution >= 4 is 15.8 Å². The predicted molar refractivity (Wildman–Crippen MR) is 87.3 cm³/mol. The number of likely N-dealkylation sites (tertiary alicyclic amines) is 1. The Hall–Kier alpha value is -1.24. The first kappa shape index (κ1) is 15.3. The van der Waals surface area contributed by atoms with Crippen molar-refractivity contribution in [2.45, 2.75) is 43.0 Å². The van der Waals surface area contributed by atoms with Crippen molar-refractivity contribution < 1.29 is 13.2 Å². The van der Waals surface area contributed by atoms with Crippen LogP contribution in [0.5, 0.6) is 0 Å². The monoisotopic (exact) mass is 334 g/mol. The van der Waals surface area contributed by atoms with Crippen molar-refractivity contribution in [2.24, 2.45) is 0 Å². The molecule has 2 aliphatic heterocycles. The van der Waals surface area contributed by atoms with Crippen LogP contribution >= 0.6 is 0 Å². The summed E-state index contributed by atoms with van der Waals surface area (Å²) >= 11 is 0. The molecule has 3 fully saturated rings. The molecule has 1 saturated carbocycles. The van der Waals surface area contributed by atoms with Crippen molar-refractivity contribution in [3.8, 4) is 0 Å². The molecular weight excluding hydrogens is 312 g/mol. The maximum atomic E-state index is 13.0. The van der Waals surface area contributed by atoms with E-state index in [-0.39, 0.29) is 11.8 Å². The summed E-state index contributed by atoms with van der Waals surface area (Å²) in [6.07, 6.45) is 2.20. The lowest BCUT2D eigenvalue weighted by Crippen LogP contribution is -2.45.